The van der Waals surface area contributed by atoms with Crippen molar-refractivity contribution in [3.05, 3.63) is 0 Å². The van der Waals surface area contributed by atoms with E-state index in [1.54, 1.807) is 0 Å². The number of likely N-dealkylation sites (tertiary alicyclic amines) is 1. The van der Waals surface area contributed by atoms with Gasteiger partial charge in [-0.25, -0.2) is 4.79 Å². The van der Waals surface area contributed by atoms with Crippen molar-refractivity contribution in [2.75, 3.05) is 39.9 Å². The van der Waals surface area contributed by atoms with E-state index in [-0.39, 0.29) is 6.03 Å². The molecule has 2 unspecified atom stereocenters. The van der Waals surface area contributed by atoms with Crippen molar-refractivity contribution in [3.8, 4) is 0 Å². The highest BCUT2D eigenvalue weighted by atomic mass is 16.5. The van der Waals surface area contributed by atoms with Crippen molar-refractivity contribution < 1.29 is 9.53 Å². The van der Waals surface area contributed by atoms with Crippen LogP contribution >= 0.6 is 0 Å². The highest BCUT2D eigenvalue weighted by Crippen LogP contribution is 2.15. The maximum Gasteiger partial charge on any atom is 0.317 e. The molecular formula is C12H23N3O2. The molecule has 2 atom stereocenters. The van der Waals surface area contributed by atoms with Crippen molar-refractivity contribution in [1.82, 2.24) is 15.1 Å². The number of rotatable bonds is 1. The minimum Gasteiger partial charge on any atom is -0.378 e. The van der Waals surface area contributed by atoms with Gasteiger partial charge in [-0.15, -0.1) is 0 Å². The second kappa shape index (κ2) is 5.69. The summed E-state index contributed by atoms with van der Waals surface area (Å²) in [5.41, 5.74) is 0. The number of carbonyl (C=O) groups is 1. The first-order valence-electron chi connectivity index (χ1n) is 6.50. The normalized spacial score (nSPS) is 31.3. The molecule has 2 aliphatic rings. The Morgan fingerprint density at radius 1 is 1.29 bits per heavy atom. The number of piperidine rings is 1. The lowest BCUT2D eigenvalue weighted by Crippen LogP contribution is -2.53. The number of amides is 2. The molecule has 0 saturated carbocycles. The summed E-state index contributed by atoms with van der Waals surface area (Å²) in [6.45, 7) is 6.04. The van der Waals surface area contributed by atoms with Crippen LogP contribution < -0.4 is 5.32 Å². The molecule has 0 aromatic carbocycles. The van der Waals surface area contributed by atoms with Gasteiger partial charge in [0.1, 0.15) is 0 Å². The Kier molecular flexibility index (Phi) is 4.23. The zero-order valence-corrected chi connectivity index (χ0v) is 10.8. The van der Waals surface area contributed by atoms with Crippen LogP contribution in [0.4, 0.5) is 4.79 Å². The molecule has 1 N–H and O–H groups in total. The van der Waals surface area contributed by atoms with Crippen LogP contribution in [-0.4, -0.2) is 67.8 Å². The average Bonchev–Trinajstić information content (AvgIpc) is 2.35. The molecule has 2 fully saturated rings. The molecule has 2 rings (SSSR count). The van der Waals surface area contributed by atoms with Crippen LogP contribution in [-0.2, 0) is 4.74 Å². The van der Waals surface area contributed by atoms with Crippen LogP contribution in [0.5, 0.6) is 0 Å². The van der Waals surface area contributed by atoms with E-state index in [1.807, 2.05) is 4.90 Å². The molecule has 5 nitrogen and oxygen atoms in total. The highest BCUT2D eigenvalue weighted by Gasteiger charge is 2.26. The Morgan fingerprint density at radius 2 is 2.00 bits per heavy atom. The van der Waals surface area contributed by atoms with Gasteiger partial charge in [0, 0.05) is 31.7 Å². The van der Waals surface area contributed by atoms with E-state index >= 15 is 0 Å². The molecule has 2 amide bonds. The maximum absolute atomic E-state index is 12.0. The molecule has 5 heteroatoms. The quantitative estimate of drug-likeness (QED) is 0.727. The Morgan fingerprint density at radius 3 is 2.65 bits per heavy atom. The van der Waals surface area contributed by atoms with Crippen molar-refractivity contribution in [2.24, 2.45) is 0 Å². The van der Waals surface area contributed by atoms with Crippen molar-refractivity contribution in [3.63, 3.8) is 0 Å². The predicted molar refractivity (Wildman–Crippen MR) is 66.0 cm³/mol. The van der Waals surface area contributed by atoms with E-state index in [0.717, 1.165) is 19.4 Å². The van der Waals surface area contributed by atoms with E-state index in [9.17, 15) is 4.79 Å². The van der Waals surface area contributed by atoms with Gasteiger partial charge in [0.05, 0.1) is 13.2 Å². The van der Waals surface area contributed by atoms with Gasteiger partial charge in [-0.2, -0.15) is 0 Å². The van der Waals surface area contributed by atoms with E-state index < -0.39 is 0 Å². The second-order valence-electron chi connectivity index (χ2n) is 5.10. The summed E-state index contributed by atoms with van der Waals surface area (Å²) in [5.74, 6) is 0. The van der Waals surface area contributed by atoms with Crippen LogP contribution in [0.3, 0.4) is 0 Å². The number of nitrogens with zero attached hydrogens (tertiary/aromatic N) is 2. The van der Waals surface area contributed by atoms with Gasteiger partial charge >= 0.3 is 6.03 Å². The summed E-state index contributed by atoms with van der Waals surface area (Å²) in [6, 6.07) is 0.963. The molecule has 17 heavy (non-hydrogen) atoms. The molecule has 0 aliphatic carbocycles. The number of urea groups is 1. The minimum absolute atomic E-state index is 0.0788. The number of carbonyl (C=O) groups excluding carboxylic acids is 1. The van der Waals surface area contributed by atoms with Crippen LogP contribution in [0.1, 0.15) is 19.8 Å². The molecule has 2 aliphatic heterocycles. The fourth-order valence-corrected chi connectivity index (χ4v) is 2.45. The molecule has 2 heterocycles. The molecule has 0 bridgehead atoms. The van der Waals surface area contributed by atoms with Gasteiger partial charge in [-0.1, -0.05) is 0 Å². The lowest BCUT2D eigenvalue weighted by atomic mass is 9.99. The predicted octanol–water partition coefficient (Wildman–Crippen LogP) is 0.511. The van der Waals surface area contributed by atoms with Crippen LogP contribution in [0, 0.1) is 0 Å². The Labute approximate surface area is 103 Å². The highest BCUT2D eigenvalue weighted by molar-refractivity contribution is 5.74. The largest absolute Gasteiger partial charge is 0.378 e. The molecule has 0 aromatic rings. The van der Waals surface area contributed by atoms with Crippen LogP contribution in [0.25, 0.3) is 0 Å². The lowest BCUT2D eigenvalue weighted by molar-refractivity contribution is 0.0512. The summed E-state index contributed by atoms with van der Waals surface area (Å²) in [6.07, 6.45) is 2.10. The number of hydrogen-bond acceptors (Lipinski definition) is 3. The van der Waals surface area contributed by atoms with Crippen LogP contribution in [0.15, 0.2) is 0 Å². The molecule has 98 valence electrons. The monoisotopic (exact) mass is 241 g/mol. The van der Waals surface area contributed by atoms with E-state index in [1.165, 1.54) is 0 Å². The van der Waals surface area contributed by atoms with Crippen molar-refractivity contribution in [2.45, 2.75) is 31.8 Å². The zero-order valence-electron chi connectivity index (χ0n) is 10.8. The fourth-order valence-electron chi connectivity index (χ4n) is 2.45. The third-order valence-corrected chi connectivity index (χ3v) is 3.83. The molecule has 2 saturated heterocycles. The smallest absolute Gasteiger partial charge is 0.317 e. The Bertz CT molecular complexity index is 266. The van der Waals surface area contributed by atoms with Crippen molar-refractivity contribution >= 4 is 6.03 Å². The SMILES string of the molecule is CC1CC(NC(=O)N2CCOCC2)CCN1C. The third kappa shape index (κ3) is 3.33. The summed E-state index contributed by atoms with van der Waals surface area (Å²) in [4.78, 5) is 16.2. The summed E-state index contributed by atoms with van der Waals surface area (Å²) in [7, 11) is 2.14. The maximum atomic E-state index is 12.0. The van der Waals surface area contributed by atoms with Gasteiger partial charge in [-0.3, -0.25) is 0 Å². The average molecular weight is 241 g/mol. The number of nitrogens with one attached hydrogen (secondary N) is 1. The fraction of sp³-hybridized carbons (Fsp3) is 0.917. The van der Waals surface area contributed by atoms with Gasteiger partial charge in [0.2, 0.25) is 0 Å². The standard InChI is InChI=1S/C12H23N3O2/c1-10-9-11(3-4-14(10)2)13-12(16)15-5-7-17-8-6-15/h10-11H,3-9H2,1-2H3,(H,13,16). The van der Waals surface area contributed by atoms with Gasteiger partial charge in [0.25, 0.3) is 0 Å². The van der Waals surface area contributed by atoms with Gasteiger partial charge in [0.15, 0.2) is 0 Å². The summed E-state index contributed by atoms with van der Waals surface area (Å²) < 4.78 is 5.24. The minimum atomic E-state index is 0.0788. The number of hydrogen-bond donors (Lipinski definition) is 1. The summed E-state index contributed by atoms with van der Waals surface area (Å²) in [5, 5.41) is 3.14. The number of morpholine rings is 1. The third-order valence-electron chi connectivity index (χ3n) is 3.83. The lowest BCUT2D eigenvalue weighted by Gasteiger charge is -2.36. The zero-order chi connectivity index (χ0) is 12.3. The Hall–Kier alpha value is -0.810. The van der Waals surface area contributed by atoms with E-state index in [4.69, 9.17) is 4.74 Å². The van der Waals surface area contributed by atoms with Crippen LogP contribution in [0.2, 0.25) is 0 Å². The van der Waals surface area contributed by atoms with Crippen molar-refractivity contribution in [1.29, 1.82) is 0 Å². The van der Waals surface area contributed by atoms with E-state index in [2.05, 4.69) is 24.2 Å². The van der Waals surface area contributed by atoms with E-state index in [0.29, 0.717) is 38.4 Å². The first-order valence-corrected chi connectivity index (χ1v) is 6.50. The molecular weight excluding hydrogens is 218 g/mol. The molecule has 0 spiro atoms. The first-order chi connectivity index (χ1) is 8.16. The van der Waals surface area contributed by atoms with Gasteiger partial charge < -0.3 is 19.9 Å². The second-order valence-corrected chi connectivity index (χ2v) is 5.10. The first kappa shape index (κ1) is 12.6. The molecule has 0 radical (unpaired) electrons. The molecule has 0 aromatic heterocycles. The number of ether oxygens (including phenoxy) is 1. The summed E-state index contributed by atoms with van der Waals surface area (Å²) >= 11 is 0. The van der Waals surface area contributed by atoms with Gasteiger partial charge in [-0.05, 0) is 26.8 Å². The Balaban J connectivity index is 1.78. The topological polar surface area (TPSA) is 44.8 Å².